The second-order valence-electron chi connectivity index (χ2n) is 4.18. The highest BCUT2D eigenvalue weighted by atomic mass is 19.2. The number of hydrogen-bond acceptors (Lipinski definition) is 2. The highest BCUT2D eigenvalue weighted by Gasteiger charge is 2.04. The number of carboxylic acids is 1. The number of halogens is 2. The van der Waals surface area contributed by atoms with E-state index in [0.29, 0.717) is 18.4 Å². The Morgan fingerprint density at radius 3 is 2.45 bits per heavy atom. The van der Waals surface area contributed by atoms with E-state index in [1.165, 1.54) is 6.07 Å². The lowest BCUT2D eigenvalue weighted by Crippen LogP contribution is -2.37. The molecule has 0 aliphatic carbocycles. The largest absolute Gasteiger partial charge is 0.481 e. The normalized spacial score (nSPS) is 10.1. The van der Waals surface area contributed by atoms with Crippen molar-refractivity contribution >= 4 is 12.0 Å². The maximum absolute atomic E-state index is 12.9. The van der Waals surface area contributed by atoms with Gasteiger partial charge in [-0.05, 0) is 30.5 Å². The number of carbonyl (C=O) groups is 2. The van der Waals surface area contributed by atoms with E-state index >= 15 is 0 Å². The zero-order chi connectivity index (χ0) is 15.0. The molecule has 0 saturated heterocycles. The van der Waals surface area contributed by atoms with E-state index < -0.39 is 23.6 Å². The van der Waals surface area contributed by atoms with Gasteiger partial charge in [0.15, 0.2) is 11.6 Å². The van der Waals surface area contributed by atoms with Crippen molar-refractivity contribution in [2.24, 2.45) is 0 Å². The Balaban J connectivity index is 2.18. The summed E-state index contributed by atoms with van der Waals surface area (Å²) in [5, 5.41) is 13.4. The molecule has 1 aromatic rings. The molecule has 1 rings (SSSR count). The number of carbonyl (C=O) groups excluding carboxylic acids is 1. The molecule has 0 bridgehead atoms. The summed E-state index contributed by atoms with van der Waals surface area (Å²) in [5.74, 6) is -2.73. The lowest BCUT2D eigenvalue weighted by atomic mass is 10.1. The van der Waals surface area contributed by atoms with Crippen LogP contribution in [0.5, 0.6) is 0 Å². The minimum absolute atomic E-state index is 0.00483. The molecule has 0 fully saturated rings. The van der Waals surface area contributed by atoms with E-state index in [4.69, 9.17) is 5.11 Å². The van der Waals surface area contributed by atoms with Gasteiger partial charge in [0.25, 0.3) is 0 Å². The number of nitrogens with one attached hydrogen (secondary N) is 2. The van der Waals surface area contributed by atoms with Crippen LogP contribution >= 0.6 is 0 Å². The second-order valence-corrected chi connectivity index (χ2v) is 4.18. The van der Waals surface area contributed by atoms with Gasteiger partial charge < -0.3 is 15.7 Å². The van der Waals surface area contributed by atoms with Crippen LogP contribution in [0, 0.1) is 11.6 Å². The Kier molecular flexibility index (Phi) is 6.42. The van der Waals surface area contributed by atoms with E-state index in [0.717, 1.165) is 12.1 Å². The van der Waals surface area contributed by atoms with Crippen molar-refractivity contribution in [2.75, 3.05) is 13.1 Å². The summed E-state index contributed by atoms with van der Waals surface area (Å²) in [6, 6.07) is 3.15. The van der Waals surface area contributed by atoms with E-state index in [2.05, 4.69) is 10.6 Å². The monoisotopic (exact) mass is 286 g/mol. The molecule has 5 nitrogen and oxygen atoms in total. The first-order valence-electron chi connectivity index (χ1n) is 6.16. The first-order chi connectivity index (χ1) is 9.49. The smallest absolute Gasteiger partial charge is 0.314 e. The van der Waals surface area contributed by atoms with Crippen LogP contribution in [0.4, 0.5) is 13.6 Å². The Morgan fingerprint density at radius 1 is 1.10 bits per heavy atom. The number of aliphatic carboxylic acids is 1. The molecule has 0 saturated carbocycles. The molecule has 7 heteroatoms. The van der Waals surface area contributed by atoms with Crippen LogP contribution in [0.1, 0.15) is 18.4 Å². The highest BCUT2D eigenvalue weighted by molar-refractivity contribution is 5.73. The van der Waals surface area contributed by atoms with Crippen molar-refractivity contribution in [3.8, 4) is 0 Å². The number of benzene rings is 1. The molecule has 0 radical (unpaired) electrons. The molecule has 0 heterocycles. The van der Waals surface area contributed by atoms with E-state index in [1.807, 2.05) is 0 Å². The average molecular weight is 286 g/mol. The fraction of sp³-hybridized carbons (Fsp3) is 0.385. The number of amides is 2. The van der Waals surface area contributed by atoms with Crippen molar-refractivity contribution in [3.05, 3.63) is 35.4 Å². The van der Waals surface area contributed by atoms with Crippen LogP contribution in [0.3, 0.4) is 0 Å². The second kappa shape index (κ2) is 8.08. The molecule has 0 spiro atoms. The minimum atomic E-state index is -0.916. The minimum Gasteiger partial charge on any atom is -0.481 e. The maximum Gasteiger partial charge on any atom is 0.314 e. The van der Waals surface area contributed by atoms with Crippen LogP contribution in [0.25, 0.3) is 0 Å². The lowest BCUT2D eigenvalue weighted by Gasteiger charge is -2.07. The fourth-order valence-corrected chi connectivity index (χ4v) is 1.52. The molecule has 2 amide bonds. The van der Waals surface area contributed by atoms with Crippen LogP contribution in [-0.4, -0.2) is 30.2 Å². The average Bonchev–Trinajstić information content (AvgIpc) is 2.39. The topological polar surface area (TPSA) is 78.4 Å². The summed E-state index contributed by atoms with van der Waals surface area (Å²) < 4.78 is 25.6. The number of urea groups is 1. The zero-order valence-electron chi connectivity index (χ0n) is 10.8. The predicted molar refractivity (Wildman–Crippen MR) is 68.3 cm³/mol. The molecular formula is C13H16F2N2O3. The van der Waals surface area contributed by atoms with Crippen molar-refractivity contribution in [1.29, 1.82) is 0 Å². The third kappa shape index (κ3) is 6.12. The van der Waals surface area contributed by atoms with Crippen molar-refractivity contribution in [2.45, 2.75) is 19.3 Å². The summed E-state index contributed by atoms with van der Waals surface area (Å²) in [5.41, 5.74) is 0.579. The lowest BCUT2D eigenvalue weighted by molar-refractivity contribution is -0.137. The molecule has 3 N–H and O–H groups in total. The van der Waals surface area contributed by atoms with Gasteiger partial charge in [0.2, 0.25) is 0 Å². The first-order valence-corrected chi connectivity index (χ1v) is 6.16. The Labute approximate surface area is 115 Å². The van der Waals surface area contributed by atoms with Crippen molar-refractivity contribution in [1.82, 2.24) is 10.6 Å². The summed E-state index contributed by atoms with van der Waals surface area (Å²) in [6.07, 6.45) is 0.723. The number of hydrogen-bond donors (Lipinski definition) is 3. The molecular weight excluding hydrogens is 270 g/mol. The SMILES string of the molecule is O=C(O)CCCNC(=O)NCCc1ccc(F)c(F)c1. The molecule has 20 heavy (non-hydrogen) atoms. The third-order valence-electron chi connectivity index (χ3n) is 2.54. The molecule has 0 aliphatic rings. The first kappa shape index (κ1) is 15.9. The number of rotatable bonds is 7. The van der Waals surface area contributed by atoms with E-state index in [-0.39, 0.29) is 19.5 Å². The van der Waals surface area contributed by atoms with Gasteiger partial charge in [-0.3, -0.25) is 4.79 Å². The maximum atomic E-state index is 12.9. The Morgan fingerprint density at radius 2 is 1.80 bits per heavy atom. The van der Waals surface area contributed by atoms with Gasteiger partial charge in [-0.15, -0.1) is 0 Å². The standard InChI is InChI=1S/C13H16F2N2O3/c14-10-4-3-9(8-11(10)15)5-7-17-13(20)16-6-1-2-12(18)19/h3-4,8H,1-2,5-7H2,(H,18,19)(H2,16,17,20). The molecule has 0 aliphatic heterocycles. The van der Waals surface area contributed by atoms with E-state index in [1.54, 1.807) is 0 Å². The molecule has 0 aromatic heterocycles. The summed E-state index contributed by atoms with van der Waals surface area (Å²) >= 11 is 0. The highest BCUT2D eigenvalue weighted by Crippen LogP contribution is 2.08. The van der Waals surface area contributed by atoms with Gasteiger partial charge in [0, 0.05) is 19.5 Å². The molecule has 0 unspecified atom stereocenters. The van der Waals surface area contributed by atoms with Gasteiger partial charge in [0.1, 0.15) is 0 Å². The van der Waals surface area contributed by atoms with Crippen LogP contribution in [0.2, 0.25) is 0 Å². The van der Waals surface area contributed by atoms with Gasteiger partial charge in [-0.1, -0.05) is 6.07 Å². The summed E-state index contributed by atoms with van der Waals surface area (Å²) in [4.78, 5) is 21.5. The van der Waals surface area contributed by atoms with Gasteiger partial charge in [-0.25, -0.2) is 13.6 Å². The van der Waals surface area contributed by atoms with E-state index in [9.17, 15) is 18.4 Å². The van der Waals surface area contributed by atoms with Crippen LogP contribution in [0.15, 0.2) is 18.2 Å². The van der Waals surface area contributed by atoms with Crippen molar-refractivity contribution < 1.29 is 23.5 Å². The number of carboxylic acid groups (broad SMARTS) is 1. The quantitative estimate of drug-likeness (QED) is 0.667. The van der Waals surface area contributed by atoms with Gasteiger partial charge in [0.05, 0.1) is 0 Å². The molecule has 110 valence electrons. The van der Waals surface area contributed by atoms with Crippen molar-refractivity contribution in [3.63, 3.8) is 0 Å². The van der Waals surface area contributed by atoms with Gasteiger partial charge in [-0.2, -0.15) is 0 Å². The summed E-state index contributed by atoms with van der Waals surface area (Å²) in [6.45, 7) is 0.541. The van der Waals surface area contributed by atoms with Gasteiger partial charge >= 0.3 is 12.0 Å². The molecule has 1 aromatic carbocycles. The Hall–Kier alpha value is -2.18. The zero-order valence-corrected chi connectivity index (χ0v) is 10.8. The van der Waals surface area contributed by atoms with Crippen LogP contribution in [-0.2, 0) is 11.2 Å². The third-order valence-corrected chi connectivity index (χ3v) is 2.54. The molecule has 0 atom stereocenters. The predicted octanol–water partition coefficient (Wildman–Crippen LogP) is 1.67. The Bertz CT molecular complexity index is 481. The van der Waals surface area contributed by atoms with Crippen LogP contribution < -0.4 is 10.6 Å². The fourth-order valence-electron chi connectivity index (χ4n) is 1.52. The summed E-state index contributed by atoms with van der Waals surface area (Å²) in [7, 11) is 0.